The number of hydrogen-bond donors (Lipinski definition) is 0. The number of hydrazone groups is 1. The standard InChI is InChI=1S/C12H19N3O3/c1-4-9-16-12-7-8-14(17-10-5-2)15(13-12)18-11-6-3/h4-6H,1-3,7-11H2. The molecule has 0 radical (unpaired) electrons. The zero-order valence-corrected chi connectivity index (χ0v) is 10.5. The van der Waals surface area contributed by atoms with Gasteiger partial charge in [0.25, 0.3) is 0 Å². The Hall–Kier alpha value is -1.63. The Kier molecular flexibility index (Phi) is 6.78. The first-order chi connectivity index (χ1) is 8.81. The molecule has 6 nitrogen and oxygen atoms in total. The molecule has 0 bridgehead atoms. The fourth-order valence-corrected chi connectivity index (χ4v) is 1.19. The molecule has 0 N–H and O–H groups in total. The van der Waals surface area contributed by atoms with Crippen molar-refractivity contribution >= 4 is 5.90 Å². The zero-order valence-electron chi connectivity index (χ0n) is 10.5. The second-order valence-electron chi connectivity index (χ2n) is 3.34. The molecule has 0 spiro atoms. The quantitative estimate of drug-likeness (QED) is 0.616. The summed E-state index contributed by atoms with van der Waals surface area (Å²) in [5, 5.41) is 6.93. The molecule has 1 aliphatic heterocycles. The lowest BCUT2D eigenvalue weighted by Gasteiger charge is -2.32. The van der Waals surface area contributed by atoms with E-state index in [9.17, 15) is 0 Å². The molecule has 0 amide bonds. The smallest absolute Gasteiger partial charge is 0.212 e. The second kappa shape index (κ2) is 8.46. The van der Waals surface area contributed by atoms with Gasteiger partial charge in [0, 0.05) is 6.42 Å². The van der Waals surface area contributed by atoms with Crippen molar-refractivity contribution in [1.82, 2.24) is 10.5 Å². The number of ether oxygens (including phenoxy) is 1. The second-order valence-corrected chi connectivity index (χ2v) is 3.34. The summed E-state index contributed by atoms with van der Waals surface area (Å²) in [6.45, 7) is 12.5. The van der Waals surface area contributed by atoms with Crippen LogP contribution in [0.2, 0.25) is 0 Å². The minimum atomic E-state index is 0.326. The molecular weight excluding hydrogens is 234 g/mol. The molecule has 0 saturated heterocycles. The van der Waals surface area contributed by atoms with Gasteiger partial charge in [0.1, 0.15) is 6.61 Å². The van der Waals surface area contributed by atoms with Crippen molar-refractivity contribution in [3.05, 3.63) is 38.0 Å². The van der Waals surface area contributed by atoms with Gasteiger partial charge < -0.3 is 4.74 Å². The van der Waals surface area contributed by atoms with Crippen LogP contribution in [0.25, 0.3) is 0 Å². The van der Waals surface area contributed by atoms with Gasteiger partial charge in [-0.3, -0.25) is 4.84 Å². The van der Waals surface area contributed by atoms with Crippen molar-refractivity contribution in [3.8, 4) is 0 Å². The average molecular weight is 253 g/mol. The molecule has 1 heterocycles. The highest BCUT2D eigenvalue weighted by atomic mass is 16.9. The van der Waals surface area contributed by atoms with Crippen LogP contribution in [0.15, 0.2) is 43.1 Å². The number of hydrazine groups is 1. The van der Waals surface area contributed by atoms with Crippen LogP contribution < -0.4 is 0 Å². The van der Waals surface area contributed by atoms with Crippen molar-refractivity contribution in [2.75, 3.05) is 26.4 Å². The molecule has 0 aromatic carbocycles. The Balaban J connectivity index is 2.59. The van der Waals surface area contributed by atoms with Gasteiger partial charge in [-0.05, 0) is 0 Å². The fourth-order valence-electron chi connectivity index (χ4n) is 1.19. The molecule has 1 rings (SSSR count). The molecular formula is C12H19N3O3. The molecule has 6 heteroatoms. The summed E-state index contributed by atoms with van der Waals surface area (Å²) >= 11 is 0. The van der Waals surface area contributed by atoms with E-state index >= 15 is 0 Å². The lowest BCUT2D eigenvalue weighted by molar-refractivity contribution is -0.405. The van der Waals surface area contributed by atoms with Crippen molar-refractivity contribution in [1.29, 1.82) is 0 Å². The molecule has 0 aromatic heterocycles. The summed E-state index contributed by atoms with van der Waals surface area (Å²) < 4.78 is 5.38. The largest absolute Gasteiger partial charge is 0.475 e. The molecule has 0 unspecified atom stereocenters. The van der Waals surface area contributed by atoms with Crippen molar-refractivity contribution in [3.63, 3.8) is 0 Å². The lowest BCUT2D eigenvalue weighted by atomic mass is 10.4. The minimum absolute atomic E-state index is 0.326. The van der Waals surface area contributed by atoms with E-state index in [2.05, 4.69) is 24.8 Å². The number of hydroxylamine groups is 1. The van der Waals surface area contributed by atoms with Gasteiger partial charge in [0.2, 0.25) is 5.90 Å². The maximum absolute atomic E-state index is 5.39. The number of rotatable bonds is 8. The molecule has 18 heavy (non-hydrogen) atoms. The average Bonchev–Trinajstić information content (AvgIpc) is 2.41. The highest BCUT2D eigenvalue weighted by molar-refractivity contribution is 5.76. The molecule has 0 saturated carbocycles. The third kappa shape index (κ3) is 4.70. The maximum Gasteiger partial charge on any atom is 0.212 e. The topological polar surface area (TPSA) is 46.5 Å². The molecule has 0 aliphatic carbocycles. The van der Waals surface area contributed by atoms with Crippen LogP contribution in [-0.2, 0) is 14.4 Å². The Morgan fingerprint density at radius 3 is 2.39 bits per heavy atom. The van der Waals surface area contributed by atoms with Crippen molar-refractivity contribution < 1.29 is 14.4 Å². The minimum Gasteiger partial charge on any atom is -0.475 e. The van der Waals surface area contributed by atoms with Crippen LogP contribution in [0, 0.1) is 0 Å². The monoisotopic (exact) mass is 253 g/mol. The first kappa shape index (κ1) is 14.4. The summed E-state index contributed by atoms with van der Waals surface area (Å²) in [4.78, 5) is 10.7. The number of hydrogen-bond acceptors (Lipinski definition) is 6. The van der Waals surface area contributed by atoms with E-state index in [-0.39, 0.29) is 0 Å². The highest BCUT2D eigenvalue weighted by Gasteiger charge is 2.23. The van der Waals surface area contributed by atoms with E-state index in [1.54, 1.807) is 18.2 Å². The summed E-state index contributed by atoms with van der Waals surface area (Å²) in [7, 11) is 0. The van der Waals surface area contributed by atoms with Gasteiger partial charge in [-0.15, -0.1) is 13.2 Å². The molecule has 0 atom stereocenters. The van der Waals surface area contributed by atoms with Crippen LogP contribution in [-0.4, -0.2) is 42.7 Å². The van der Waals surface area contributed by atoms with E-state index in [0.29, 0.717) is 38.7 Å². The SMILES string of the molecule is C=CCOC1=NN(OCC=C)N(OCC=C)CC1. The third-order valence-electron chi connectivity index (χ3n) is 1.92. The zero-order chi connectivity index (χ0) is 13.2. The summed E-state index contributed by atoms with van der Waals surface area (Å²) in [5.41, 5.74) is 0. The van der Waals surface area contributed by atoms with Crippen LogP contribution in [0.5, 0.6) is 0 Å². The fraction of sp³-hybridized carbons (Fsp3) is 0.417. The predicted molar refractivity (Wildman–Crippen MR) is 69.0 cm³/mol. The summed E-state index contributed by atoms with van der Waals surface area (Å²) in [5.74, 6) is 0.581. The van der Waals surface area contributed by atoms with Gasteiger partial charge in [-0.25, -0.2) is 4.84 Å². The van der Waals surface area contributed by atoms with Gasteiger partial charge in [-0.1, -0.05) is 40.4 Å². The van der Waals surface area contributed by atoms with Crippen LogP contribution in [0.1, 0.15) is 6.42 Å². The van der Waals surface area contributed by atoms with E-state index in [4.69, 9.17) is 14.4 Å². The van der Waals surface area contributed by atoms with E-state index < -0.39 is 0 Å². The highest BCUT2D eigenvalue weighted by Crippen LogP contribution is 2.11. The Morgan fingerprint density at radius 1 is 1.06 bits per heavy atom. The van der Waals surface area contributed by atoms with Gasteiger partial charge in [0.05, 0.1) is 19.8 Å². The molecule has 100 valence electrons. The van der Waals surface area contributed by atoms with Crippen molar-refractivity contribution in [2.24, 2.45) is 5.10 Å². The summed E-state index contributed by atoms with van der Waals surface area (Å²) in [6, 6.07) is 0. The predicted octanol–water partition coefficient (Wildman–Crippen LogP) is 1.66. The number of nitrogens with zero attached hydrogens (tertiary/aromatic N) is 3. The van der Waals surface area contributed by atoms with E-state index in [1.807, 2.05) is 0 Å². The van der Waals surface area contributed by atoms with E-state index in [1.165, 1.54) is 10.5 Å². The Bertz CT molecular complexity index is 318. The first-order valence-electron chi connectivity index (χ1n) is 5.68. The van der Waals surface area contributed by atoms with Gasteiger partial charge >= 0.3 is 0 Å². The molecule has 0 fully saturated rings. The van der Waals surface area contributed by atoms with Crippen molar-refractivity contribution in [2.45, 2.75) is 6.42 Å². The van der Waals surface area contributed by atoms with Crippen LogP contribution >= 0.6 is 0 Å². The van der Waals surface area contributed by atoms with Crippen LogP contribution in [0.4, 0.5) is 0 Å². The van der Waals surface area contributed by atoms with Crippen LogP contribution in [0.3, 0.4) is 0 Å². The van der Waals surface area contributed by atoms with Gasteiger partial charge in [-0.2, -0.15) is 0 Å². The Morgan fingerprint density at radius 2 is 1.72 bits per heavy atom. The molecule has 0 aromatic rings. The summed E-state index contributed by atoms with van der Waals surface area (Å²) in [6.07, 6.45) is 5.58. The Labute approximate surface area is 107 Å². The van der Waals surface area contributed by atoms with Gasteiger partial charge in [0.15, 0.2) is 0 Å². The molecule has 1 aliphatic rings. The van der Waals surface area contributed by atoms with E-state index in [0.717, 1.165) is 0 Å². The third-order valence-corrected chi connectivity index (χ3v) is 1.92. The first-order valence-corrected chi connectivity index (χ1v) is 5.68. The normalized spacial score (nSPS) is 16.0. The maximum atomic E-state index is 5.39. The lowest BCUT2D eigenvalue weighted by Crippen LogP contribution is -2.44.